The topological polar surface area (TPSA) is 67.1 Å². The van der Waals surface area contributed by atoms with Crippen LogP contribution in [-0.2, 0) is 20.0 Å². The minimum absolute atomic E-state index is 0.307. The van der Waals surface area contributed by atoms with Gasteiger partial charge in [0.2, 0.25) is 0 Å². The summed E-state index contributed by atoms with van der Waals surface area (Å²) in [6.45, 7) is 7.72. The predicted molar refractivity (Wildman–Crippen MR) is 113 cm³/mol. The van der Waals surface area contributed by atoms with E-state index in [0.717, 1.165) is 42.7 Å². The van der Waals surface area contributed by atoms with E-state index < -0.39 is 0 Å². The lowest BCUT2D eigenvalue weighted by atomic mass is 10.2. The fourth-order valence-electron chi connectivity index (χ4n) is 2.50. The van der Waals surface area contributed by atoms with Gasteiger partial charge in [0.25, 0.3) is 0 Å². The Balaban J connectivity index is 1.97. The summed E-state index contributed by atoms with van der Waals surface area (Å²) >= 11 is 3.72. The smallest absolute Gasteiger partial charge is 0.191 e. The maximum absolute atomic E-state index is 4.72. The second-order valence-corrected chi connectivity index (χ2v) is 8.78. The third-order valence-corrected chi connectivity index (χ3v) is 5.79. The van der Waals surface area contributed by atoms with Gasteiger partial charge in [-0.2, -0.15) is 11.8 Å². The molecule has 6 nitrogen and oxygen atoms in total. The molecule has 1 unspecified atom stereocenters. The van der Waals surface area contributed by atoms with Crippen LogP contribution in [0.5, 0.6) is 0 Å². The van der Waals surface area contributed by atoms with E-state index in [1.807, 2.05) is 41.6 Å². The van der Waals surface area contributed by atoms with Crippen molar-refractivity contribution in [1.82, 2.24) is 25.4 Å². The minimum Gasteiger partial charge on any atom is -0.356 e. The number of rotatable bonds is 9. The molecular formula is C18H30N6S2. The molecule has 0 amide bonds. The lowest BCUT2D eigenvalue weighted by molar-refractivity contribution is 0.638. The molecule has 1 atom stereocenters. The van der Waals surface area contributed by atoms with E-state index in [4.69, 9.17) is 4.99 Å². The number of hydrogen-bond donors (Lipinski definition) is 2. The molecule has 2 aromatic heterocycles. The van der Waals surface area contributed by atoms with Gasteiger partial charge < -0.3 is 15.2 Å². The van der Waals surface area contributed by atoms with Gasteiger partial charge in [-0.1, -0.05) is 0 Å². The maximum atomic E-state index is 4.72. The van der Waals surface area contributed by atoms with Gasteiger partial charge in [0.05, 0.1) is 0 Å². The first-order valence-electron chi connectivity index (χ1n) is 8.93. The molecule has 0 saturated heterocycles. The zero-order valence-corrected chi connectivity index (χ0v) is 18.0. The molecule has 2 N–H and O–H groups in total. The molecular weight excluding hydrogens is 364 g/mol. The summed E-state index contributed by atoms with van der Waals surface area (Å²) in [7, 11) is 1.97. The van der Waals surface area contributed by atoms with Crippen LogP contribution in [0.3, 0.4) is 0 Å². The van der Waals surface area contributed by atoms with E-state index in [2.05, 4.69) is 53.1 Å². The molecule has 0 aliphatic heterocycles. The fraction of sp³-hybridized carbons (Fsp3) is 0.611. The quantitative estimate of drug-likeness (QED) is 0.389. The molecule has 0 bridgehead atoms. The number of aliphatic imine (C=N–C) groups is 1. The van der Waals surface area contributed by atoms with Gasteiger partial charge in [0.1, 0.15) is 12.4 Å². The Hall–Kier alpha value is -1.54. The molecule has 0 saturated carbocycles. The number of thioether (sulfide) groups is 1. The van der Waals surface area contributed by atoms with Crippen molar-refractivity contribution in [2.24, 2.45) is 12.0 Å². The number of aromatic nitrogens is 3. The van der Waals surface area contributed by atoms with E-state index in [1.54, 1.807) is 0 Å². The average molecular weight is 395 g/mol. The van der Waals surface area contributed by atoms with Crippen molar-refractivity contribution in [2.75, 3.05) is 18.6 Å². The van der Waals surface area contributed by atoms with E-state index >= 15 is 0 Å². The van der Waals surface area contributed by atoms with Crippen molar-refractivity contribution in [3.8, 4) is 0 Å². The van der Waals surface area contributed by atoms with Crippen LogP contribution in [0.2, 0.25) is 0 Å². The molecule has 0 spiro atoms. The van der Waals surface area contributed by atoms with E-state index in [0.29, 0.717) is 12.6 Å². The Morgan fingerprint density at radius 2 is 2.15 bits per heavy atom. The number of thiophene rings is 1. The minimum atomic E-state index is 0.307. The first kappa shape index (κ1) is 20.8. The summed E-state index contributed by atoms with van der Waals surface area (Å²) in [6, 6.07) is 4.70. The largest absolute Gasteiger partial charge is 0.356 e. The van der Waals surface area contributed by atoms with Crippen molar-refractivity contribution in [3.63, 3.8) is 0 Å². The van der Waals surface area contributed by atoms with Crippen LogP contribution in [-0.4, -0.2) is 45.3 Å². The summed E-state index contributed by atoms with van der Waals surface area (Å²) in [5, 5.41) is 15.3. The third kappa shape index (κ3) is 6.64. The van der Waals surface area contributed by atoms with Crippen molar-refractivity contribution in [2.45, 2.75) is 46.2 Å². The zero-order valence-electron chi connectivity index (χ0n) is 16.4. The lowest BCUT2D eigenvalue weighted by Gasteiger charge is -2.18. The molecule has 0 aliphatic rings. The summed E-state index contributed by atoms with van der Waals surface area (Å²) in [4.78, 5) is 7.47. The van der Waals surface area contributed by atoms with Gasteiger partial charge >= 0.3 is 0 Å². The van der Waals surface area contributed by atoms with Gasteiger partial charge in [-0.3, -0.25) is 0 Å². The van der Waals surface area contributed by atoms with Crippen LogP contribution in [0.1, 0.15) is 34.7 Å². The molecule has 2 heterocycles. The fourth-order valence-corrected chi connectivity index (χ4v) is 3.95. The number of guanidine groups is 1. The first-order chi connectivity index (χ1) is 12.5. The van der Waals surface area contributed by atoms with Crippen molar-refractivity contribution >= 4 is 29.1 Å². The molecule has 0 aromatic carbocycles. The Bertz CT molecular complexity index is 706. The summed E-state index contributed by atoms with van der Waals surface area (Å²) in [5.41, 5.74) is 0. The SMILES string of the molecule is CSCCCNC(=NCc1nnc(C)n1C)NC(C)Cc1ccc(C)s1. The molecule has 26 heavy (non-hydrogen) atoms. The summed E-state index contributed by atoms with van der Waals surface area (Å²) in [6.07, 6.45) is 4.24. The highest BCUT2D eigenvalue weighted by Gasteiger charge is 2.09. The number of nitrogens with one attached hydrogen (secondary N) is 2. The van der Waals surface area contributed by atoms with Gasteiger partial charge in [0.15, 0.2) is 11.8 Å². The van der Waals surface area contributed by atoms with Crippen molar-refractivity contribution in [1.29, 1.82) is 0 Å². The van der Waals surface area contributed by atoms with Crippen LogP contribution in [0.15, 0.2) is 17.1 Å². The zero-order chi connectivity index (χ0) is 18.9. The third-order valence-electron chi connectivity index (χ3n) is 4.07. The molecule has 0 fully saturated rings. The second-order valence-electron chi connectivity index (χ2n) is 6.42. The highest BCUT2D eigenvalue weighted by Crippen LogP contribution is 2.16. The van der Waals surface area contributed by atoms with Crippen LogP contribution >= 0.6 is 23.1 Å². The first-order valence-corrected chi connectivity index (χ1v) is 11.1. The Morgan fingerprint density at radius 1 is 1.35 bits per heavy atom. The van der Waals surface area contributed by atoms with E-state index in [1.165, 1.54) is 9.75 Å². The number of nitrogens with zero attached hydrogens (tertiary/aromatic N) is 4. The van der Waals surface area contributed by atoms with Crippen molar-refractivity contribution in [3.05, 3.63) is 33.5 Å². The van der Waals surface area contributed by atoms with Crippen molar-refractivity contribution < 1.29 is 0 Å². The summed E-state index contributed by atoms with van der Waals surface area (Å²) < 4.78 is 1.98. The standard InChI is InChI=1S/C18H30N6S2/c1-13(11-16-8-7-14(2)26-16)21-18(19-9-6-10-25-5)20-12-17-23-22-15(3)24(17)4/h7-8,13H,6,9-12H2,1-5H3,(H2,19,20,21). The molecule has 8 heteroatoms. The van der Waals surface area contributed by atoms with Crippen LogP contribution in [0.4, 0.5) is 0 Å². The lowest BCUT2D eigenvalue weighted by Crippen LogP contribution is -2.43. The van der Waals surface area contributed by atoms with Gasteiger partial charge in [-0.05, 0) is 51.3 Å². The second kappa shape index (κ2) is 10.6. The monoisotopic (exact) mass is 394 g/mol. The summed E-state index contributed by atoms with van der Waals surface area (Å²) in [5.74, 6) is 3.76. The molecule has 144 valence electrons. The highest BCUT2D eigenvalue weighted by atomic mass is 32.2. The Morgan fingerprint density at radius 3 is 2.77 bits per heavy atom. The molecule has 2 rings (SSSR count). The average Bonchev–Trinajstić information content (AvgIpc) is 3.15. The molecule has 0 radical (unpaired) electrons. The van der Waals surface area contributed by atoms with Gasteiger partial charge in [0, 0.05) is 35.8 Å². The number of aryl methyl sites for hydroxylation is 2. The van der Waals surface area contributed by atoms with E-state index in [-0.39, 0.29) is 0 Å². The number of hydrogen-bond acceptors (Lipinski definition) is 5. The highest BCUT2D eigenvalue weighted by molar-refractivity contribution is 7.98. The predicted octanol–water partition coefficient (Wildman–Crippen LogP) is 2.91. The van der Waals surface area contributed by atoms with Crippen LogP contribution < -0.4 is 10.6 Å². The van der Waals surface area contributed by atoms with Crippen LogP contribution in [0, 0.1) is 13.8 Å². The molecule has 2 aromatic rings. The van der Waals surface area contributed by atoms with Gasteiger partial charge in [-0.25, -0.2) is 4.99 Å². The molecule has 0 aliphatic carbocycles. The Labute approximate surface area is 164 Å². The normalized spacial score (nSPS) is 13.0. The Kier molecular flexibility index (Phi) is 8.44. The van der Waals surface area contributed by atoms with E-state index in [9.17, 15) is 0 Å². The van der Waals surface area contributed by atoms with Gasteiger partial charge in [-0.15, -0.1) is 21.5 Å². The van der Waals surface area contributed by atoms with Crippen LogP contribution in [0.25, 0.3) is 0 Å². The maximum Gasteiger partial charge on any atom is 0.191 e.